The van der Waals surface area contributed by atoms with Crippen molar-refractivity contribution < 1.29 is 4.79 Å². The van der Waals surface area contributed by atoms with Crippen LogP contribution in [-0.2, 0) is 11.8 Å². The van der Waals surface area contributed by atoms with Crippen LogP contribution in [0.2, 0.25) is 0 Å². The third-order valence-electron chi connectivity index (χ3n) is 5.23. The summed E-state index contributed by atoms with van der Waals surface area (Å²) >= 11 is 0. The third-order valence-corrected chi connectivity index (χ3v) is 5.23. The van der Waals surface area contributed by atoms with Crippen LogP contribution >= 0.6 is 0 Å². The van der Waals surface area contributed by atoms with Crippen LogP contribution in [0.5, 0.6) is 0 Å². The van der Waals surface area contributed by atoms with E-state index in [1.807, 2.05) is 54.6 Å². The van der Waals surface area contributed by atoms with E-state index < -0.39 is 0 Å². The van der Waals surface area contributed by atoms with Gasteiger partial charge in [-0.15, -0.1) is 10.2 Å². The number of nitrogens with one attached hydrogen (secondary N) is 1. The van der Waals surface area contributed by atoms with E-state index in [9.17, 15) is 4.79 Å². The van der Waals surface area contributed by atoms with Gasteiger partial charge in [-0.2, -0.15) is 4.80 Å². The molecule has 4 rings (SSSR count). The molecule has 0 spiro atoms. The highest BCUT2D eigenvalue weighted by Crippen LogP contribution is 2.23. The number of rotatable bonds is 4. The van der Waals surface area contributed by atoms with E-state index in [2.05, 4.69) is 55.3 Å². The van der Waals surface area contributed by atoms with Crippen LogP contribution in [0.4, 0.5) is 5.69 Å². The Bertz CT molecular complexity index is 1180. The molecule has 5 nitrogen and oxygen atoms in total. The predicted octanol–water partition coefficient (Wildman–Crippen LogP) is 5.53. The summed E-state index contributed by atoms with van der Waals surface area (Å²) in [5.74, 6) is -0.141. The molecule has 152 valence electrons. The first-order valence-electron chi connectivity index (χ1n) is 10.2. The third kappa shape index (κ3) is 4.10. The zero-order valence-corrected chi connectivity index (χ0v) is 17.8. The van der Waals surface area contributed by atoms with Crippen molar-refractivity contribution in [2.45, 2.75) is 39.5 Å². The fourth-order valence-corrected chi connectivity index (χ4v) is 3.30. The first-order valence-corrected chi connectivity index (χ1v) is 10.2. The van der Waals surface area contributed by atoms with Gasteiger partial charge in [0, 0.05) is 11.3 Å². The molecule has 5 heteroatoms. The second-order valence-electron chi connectivity index (χ2n) is 8.49. The summed E-state index contributed by atoms with van der Waals surface area (Å²) in [6, 6.07) is 21.5. The summed E-state index contributed by atoms with van der Waals surface area (Å²) in [7, 11) is 0. The van der Waals surface area contributed by atoms with Gasteiger partial charge in [-0.25, -0.2) is 0 Å². The Morgan fingerprint density at radius 1 is 0.900 bits per heavy atom. The Labute approximate surface area is 176 Å². The van der Waals surface area contributed by atoms with E-state index in [1.165, 1.54) is 11.1 Å². The quantitative estimate of drug-likeness (QED) is 0.491. The van der Waals surface area contributed by atoms with Crippen molar-refractivity contribution in [3.05, 3.63) is 83.4 Å². The highest BCUT2D eigenvalue weighted by molar-refractivity contribution is 6.04. The first-order chi connectivity index (χ1) is 14.3. The summed E-state index contributed by atoms with van der Waals surface area (Å²) in [4.78, 5) is 14.3. The van der Waals surface area contributed by atoms with Crippen molar-refractivity contribution >= 4 is 22.6 Å². The molecule has 30 heavy (non-hydrogen) atoms. The maximum Gasteiger partial charge on any atom is 0.255 e. The zero-order chi connectivity index (χ0) is 21.3. The molecule has 0 radical (unpaired) electrons. The molecule has 4 aromatic rings. The minimum atomic E-state index is -0.141. The van der Waals surface area contributed by atoms with Crippen molar-refractivity contribution in [1.29, 1.82) is 0 Å². The molecule has 0 aliphatic carbocycles. The maximum absolute atomic E-state index is 12.6. The Morgan fingerprint density at radius 3 is 2.20 bits per heavy atom. The summed E-state index contributed by atoms with van der Waals surface area (Å²) in [5, 5.41) is 12.1. The second-order valence-corrected chi connectivity index (χ2v) is 8.49. The van der Waals surface area contributed by atoms with Crippen LogP contribution in [0, 0.1) is 0 Å². The van der Waals surface area contributed by atoms with Crippen molar-refractivity contribution in [3.8, 4) is 5.69 Å². The maximum atomic E-state index is 12.6. The number of hydrogen-bond acceptors (Lipinski definition) is 3. The number of hydrogen-bond donors (Lipinski definition) is 1. The lowest BCUT2D eigenvalue weighted by Gasteiger charge is -2.19. The van der Waals surface area contributed by atoms with Gasteiger partial charge in [-0.3, -0.25) is 4.79 Å². The van der Waals surface area contributed by atoms with Gasteiger partial charge in [0.15, 0.2) is 0 Å². The van der Waals surface area contributed by atoms with Crippen molar-refractivity contribution in [2.24, 2.45) is 0 Å². The smallest absolute Gasteiger partial charge is 0.255 e. The van der Waals surface area contributed by atoms with Gasteiger partial charge in [0.05, 0.1) is 5.69 Å². The topological polar surface area (TPSA) is 59.8 Å². The summed E-state index contributed by atoms with van der Waals surface area (Å²) in [5.41, 5.74) is 6.27. The molecule has 1 heterocycles. The van der Waals surface area contributed by atoms with Gasteiger partial charge in [0.1, 0.15) is 11.0 Å². The van der Waals surface area contributed by atoms with Crippen LogP contribution in [0.1, 0.15) is 49.2 Å². The molecule has 0 bridgehead atoms. The minimum Gasteiger partial charge on any atom is -0.322 e. The molecular weight excluding hydrogens is 372 g/mol. The van der Waals surface area contributed by atoms with Crippen LogP contribution < -0.4 is 5.32 Å². The molecule has 0 saturated carbocycles. The highest BCUT2D eigenvalue weighted by Gasteiger charge is 2.15. The van der Waals surface area contributed by atoms with Gasteiger partial charge < -0.3 is 5.32 Å². The highest BCUT2D eigenvalue weighted by atomic mass is 16.1. The molecule has 0 aliphatic heterocycles. The molecule has 1 amide bonds. The Kier molecular flexibility index (Phi) is 5.12. The number of aromatic nitrogens is 3. The van der Waals surface area contributed by atoms with E-state index in [0.29, 0.717) is 11.3 Å². The minimum absolute atomic E-state index is 0.0583. The van der Waals surface area contributed by atoms with Crippen LogP contribution in [0.3, 0.4) is 0 Å². The Balaban J connectivity index is 1.54. The molecule has 0 saturated heterocycles. The number of aryl methyl sites for hydroxylation is 1. The Morgan fingerprint density at radius 2 is 1.57 bits per heavy atom. The standard InChI is InChI=1S/C25H26N4O/c1-5-17-6-13-21(14-7-17)29-27-22-15-12-20(16-23(22)28-29)26-24(30)18-8-10-19(11-9-18)25(2,3)4/h6-16H,5H2,1-4H3,(H,26,30). The number of amides is 1. The second kappa shape index (κ2) is 7.75. The first kappa shape index (κ1) is 19.8. The van der Waals surface area contributed by atoms with Crippen LogP contribution in [0.15, 0.2) is 66.7 Å². The van der Waals surface area contributed by atoms with Crippen LogP contribution in [0.25, 0.3) is 16.7 Å². The van der Waals surface area contributed by atoms with E-state index in [-0.39, 0.29) is 11.3 Å². The number of nitrogens with zero attached hydrogens (tertiary/aromatic N) is 3. The Hall–Kier alpha value is -3.47. The number of carbonyl (C=O) groups excluding carboxylic acids is 1. The van der Waals surface area contributed by atoms with Gasteiger partial charge in [0.25, 0.3) is 5.91 Å². The van der Waals surface area contributed by atoms with Gasteiger partial charge >= 0.3 is 0 Å². The fourth-order valence-electron chi connectivity index (χ4n) is 3.30. The monoisotopic (exact) mass is 398 g/mol. The van der Waals surface area contributed by atoms with Crippen molar-refractivity contribution in [3.63, 3.8) is 0 Å². The molecule has 3 aromatic carbocycles. The van der Waals surface area contributed by atoms with E-state index in [1.54, 1.807) is 4.80 Å². The molecule has 0 aliphatic rings. The van der Waals surface area contributed by atoms with Gasteiger partial charge in [-0.05, 0) is 65.4 Å². The van der Waals surface area contributed by atoms with Crippen molar-refractivity contribution in [1.82, 2.24) is 15.0 Å². The molecule has 0 fully saturated rings. The van der Waals surface area contributed by atoms with Crippen LogP contribution in [-0.4, -0.2) is 20.9 Å². The summed E-state index contributed by atoms with van der Waals surface area (Å²) < 4.78 is 0. The van der Waals surface area contributed by atoms with E-state index >= 15 is 0 Å². The average molecular weight is 399 g/mol. The normalized spacial score (nSPS) is 11.6. The van der Waals surface area contributed by atoms with Gasteiger partial charge in [-0.1, -0.05) is 52.0 Å². The molecule has 0 unspecified atom stereocenters. The molecule has 1 aromatic heterocycles. The number of carbonyl (C=O) groups is 1. The zero-order valence-electron chi connectivity index (χ0n) is 17.8. The number of fused-ring (bicyclic) bond motifs is 1. The van der Waals surface area contributed by atoms with E-state index in [0.717, 1.165) is 23.1 Å². The lowest BCUT2D eigenvalue weighted by atomic mass is 9.87. The largest absolute Gasteiger partial charge is 0.322 e. The van der Waals surface area contributed by atoms with Crippen molar-refractivity contribution in [2.75, 3.05) is 5.32 Å². The number of benzene rings is 3. The molecular formula is C25H26N4O. The van der Waals surface area contributed by atoms with E-state index in [4.69, 9.17) is 0 Å². The molecule has 0 atom stereocenters. The predicted molar refractivity (Wildman–Crippen MR) is 121 cm³/mol. The van der Waals surface area contributed by atoms with Gasteiger partial charge in [0.2, 0.25) is 0 Å². The lowest BCUT2D eigenvalue weighted by molar-refractivity contribution is 0.102. The fraction of sp³-hybridized carbons (Fsp3) is 0.240. The number of anilines is 1. The summed E-state index contributed by atoms with van der Waals surface area (Å²) in [6.07, 6.45) is 0.997. The average Bonchev–Trinajstić information content (AvgIpc) is 3.16. The summed E-state index contributed by atoms with van der Waals surface area (Å²) in [6.45, 7) is 8.60. The molecule has 1 N–H and O–H groups in total. The SMILES string of the molecule is CCc1ccc(-n2nc3ccc(NC(=O)c4ccc(C(C)(C)C)cc4)cc3n2)cc1. The lowest BCUT2D eigenvalue weighted by Crippen LogP contribution is -2.14.